The topological polar surface area (TPSA) is 87.3 Å². The highest BCUT2D eigenvalue weighted by Gasteiger charge is 2.10. The van der Waals surface area contributed by atoms with Crippen molar-refractivity contribution in [3.63, 3.8) is 0 Å². The van der Waals surface area contributed by atoms with Gasteiger partial charge in [0.2, 0.25) is 11.8 Å². The molecule has 0 unspecified atom stereocenters. The number of rotatable bonds is 6. The standard InChI is InChI=1S/C21H23N3O3/c1-4-19(25)23-17-7-5-6-8-18(17)24-21(27)15-9-11-16(12-10-15)22-20(26)13-14(2)3/h5-13H,4H2,1-3H3,(H,22,26)(H,23,25)(H,24,27). The zero-order chi connectivity index (χ0) is 19.8. The van der Waals surface area contributed by atoms with Crippen LogP contribution in [0.2, 0.25) is 0 Å². The van der Waals surface area contributed by atoms with Crippen molar-refractivity contribution >= 4 is 34.8 Å². The van der Waals surface area contributed by atoms with Gasteiger partial charge in [-0.1, -0.05) is 24.6 Å². The molecular weight excluding hydrogens is 342 g/mol. The van der Waals surface area contributed by atoms with Gasteiger partial charge in [0.15, 0.2) is 0 Å². The lowest BCUT2D eigenvalue weighted by molar-refractivity contribution is -0.116. The largest absolute Gasteiger partial charge is 0.324 e. The van der Waals surface area contributed by atoms with Crippen LogP contribution in [-0.2, 0) is 9.59 Å². The first-order chi connectivity index (χ1) is 12.9. The van der Waals surface area contributed by atoms with Gasteiger partial charge < -0.3 is 16.0 Å². The van der Waals surface area contributed by atoms with E-state index in [0.29, 0.717) is 29.0 Å². The molecule has 0 spiro atoms. The Labute approximate surface area is 158 Å². The molecule has 0 bridgehead atoms. The molecule has 3 amide bonds. The lowest BCUT2D eigenvalue weighted by Crippen LogP contribution is -2.16. The summed E-state index contributed by atoms with van der Waals surface area (Å²) in [4.78, 5) is 35.8. The van der Waals surface area contributed by atoms with E-state index in [1.54, 1.807) is 55.5 Å². The monoisotopic (exact) mass is 365 g/mol. The Kier molecular flexibility index (Phi) is 6.88. The van der Waals surface area contributed by atoms with Crippen molar-refractivity contribution in [2.75, 3.05) is 16.0 Å². The fourth-order valence-corrected chi connectivity index (χ4v) is 2.28. The predicted octanol–water partition coefficient (Wildman–Crippen LogP) is 4.19. The zero-order valence-corrected chi connectivity index (χ0v) is 15.6. The van der Waals surface area contributed by atoms with Crippen molar-refractivity contribution in [3.8, 4) is 0 Å². The van der Waals surface area contributed by atoms with Crippen molar-refractivity contribution in [1.82, 2.24) is 0 Å². The Morgan fingerprint density at radius 2 is 1.44 bits per heavy atom. The number of anilines is 3. The Balaban J connectivity index is 2.08. The van der Waals surface area contributed by atoms with Crippen LogP contribution in [0.1, 0.15) is 37.6 Å². The summed E-state index contributed by atoms with van der Waals surface area (Å²) in [5.74, 6) is -0.656. The van der Waals surface area contributed by atoms with Gasteiger partial charge in [0.05, 0.1) is 11.4 Å². The predicted molar refractivity (Wildman–Crippen MR) is 108 cm³/mol. The van der Waals surface area contributed by atoms with E-state index in [1.807, 2.05) is 13.8 Å². The molecule has 0 aromatic heterocycles. The second kappa shape index (κ2) is 9.33. The molecule has 3 N–H and O–H groups in total. The fraction of sp³-hybridized carbons (Fsp3) is 0.190. The number of hydrogen-bond acceptors (Lipinski definition) is 3. The second-order valence-corrected chi connectivity index (χ2v) is 6.19. The van der Waals surface area contributed by atoms with E-state index < -0.39 is 0 Å². The summed E-state index contributed by atoms with van der Waals surface area (Å²) < 4.78 is 0. The normalized spacial score (nSPS) is 9.89. The molecule has 0 fully saturated rings. The van der Waals surface area contributed by atoms with Crippen molar-refractivity contribution in [3.05, 3.63) is 65.7 Å². The van der Waals surface area contributed by atoms with Crippen molar-refractivity contribution in [2.45, 2.75) is 27.2 Å². The van der Waals surface area contributed by atoms with Gasteiger partial charge in [-0.15, -0.1) is 0 Å². The Bertz CT molecular complexity index is 866. The van der Waals surface area contributed by atoms with Gasteiger partial charge in [-0.3, -0.25) is 14.4 Å². The quantitative estimate of drug-likeness (QED) is 0.671. The maximum atomic E-state index is 12.5. The van der Waals surface area contributed by atoms with Gasteiger partial charge in [0, 0.05) is 23.7 Å². The summed E-state index contributed by atoms with van der Waals surface area (Å²) in [7, 11) is 0. The van der Waals surface area contributed by atoms with E-state index in [-0.39, 0.29) is 17.7 Å². The third-order valence-corrected chi connectivity index (χ3v) is 3.60. The molecule has 0 aliphatic rings. The fourth-order valence-electron chi connectivity index (χ4n) is 2.28. The number of hydrogen-bond donors (Lipinski definition) is 3. The molecule has 0 saturated carbocycles. The van der Waals surface area contributed by atoms with Gasteiger partial charge in [-0.05, 0) is 50.2 Å². The van der Waals surface area contributed by atoms with Gasteiger partial charge in [0.1, 0.15) is 0 Å². The number of carbonyl (C=O) groups is 3. The van der Waals surface area contributed by atoms with Crippen molar-refractivity contribution < 1.29 is 14.4 Å². The molecular formula is C21H23N3O3. The molecule has 6 heteroatoms. The maximum absolute atomic E-state index is 12.5. The summed E-state index contributed by atoms with van der Waals surface area (Å²) in [6, 6.07) is 13.6. The lowest BCUT2D eigenvalue weighted by atomic mass is 10.1. The summed E-state index contributed by atoms with van der Waals surface area (Å²) >= 11 is 0. The number of carbonyl (C=O) groups excluding carboxylic acids is 3. The highest BCUT2D eigenvalue weighted by atomic mass is 16.2. The second-order valence-electron chi connectivity index (χ2n) is 6.19. The first-order valence-corrected chi connectivity index (χ1v) is 8.65. The van der Waals surface area contributed by atoms with Gasteiger partial charge in [-0.2, -0.15) is 0 Å². The van der Waals surface area contributed by atoms with Crippen LogP contribution >= 0.6 is 0 Å². The number of benzene rings is 2. The zero-order valence-electron chi connectivity index (χ0n) is 15.6. The van der Waals surface area contributed by atoms with Crippen molar-refractivity contribution in [2.24, 2.45) is 0 Å². The van der Waals surface area contributed by atoms with Crippen LogP contribution in [0.3, 0.4) is 0 Å². The summed E-state index contributed by atoms with van der Waals surface area (Å²) in [6.45, 7) is 5.44. The maximum Gasteiger partial charge on any atom is 0.255 e. The van der Waals surface area contributed by atoms with E-state index in [9.17, 15) is 14.4 Å². The van der Waals surface area contributed by atoms with Crippen LogP contribution in [0.4, 0.5) is 17.1 Å². The van der Waals surface area contributed by atoms with E-state index in [2.05, 4.69) is 16.0 Å². The van der Waals surface area contributed by atoms with E-state index >= 15 is 0 Å². The van der Waals surface area contributed by atoms with E-state index in [4.69, 9.17) is 0 Å². The third-order valence-electron chi connectivity index (χ3n) is 3.60. The Morgan fingerprint density at radius 3 is 2.00 bits per heavy atom. The van der Waals surface area contributed by atoms with E-state index in [1.165, 1.54) is 6.08 Å². The molecule has 0 radical (unpaired) electrons. The van der Waals surface area contributed by atoms with Crippen LogP contribution < -0.4 is 16.0 Å². The molecule has 0 atom stereocenters. The highest BCUT2D eigenvalue weighted by Crippen LogP contribution is 2.22. The number of amides is 3. The van der Waals surface area contributed by atoms with E-state index in [0.717, 1.165) is 5.57 Å². The number of nitrogens with one attached hydrogen (secondary N) is 3. The third kappa shape index (κ3) is 6.11. The lowest BCUT2D eigenvalue weighted by Gasteiger charge is -2.12. The van der Waals surface area contributed by atoms with Crippen LogP contribution in [0.15, 0.2) is 60.2 Å². The molecule has 6 nitrogen and oxygen atoms in total. The summed E-state index contributed by atoms with van der Waals surface area (Å²) in [5, 5.41) is 8.28. The smallest absolute Gasteiger partial charge is 0.255 e. The number of para-hydroxylation sites is 2. The average molecular weight is 365 g/mol. The Hall–Kier alpha value is -3.41. The minimum absolute atomic E-state index is 0.131. The van der Waals surface area contributed by atoms with Gasteiger partial charge in [0.25, 0.3) is 5.91 Å². The van der Waals surface area contributed by atoms with Crippen LogP contribution in [0.25, 0.3) is 0 Å². The first kappa shape index (κ1) is 19.9. The highest BCUT2D eigenvalue weighted by molar-refractivity contribution is 6.07. The van der Waals surface area contributed by atoms with Crippen LogP contribution in [0, 0.1) is 0 Å². The number of allylic oxidation sites excluding steroid dienone is 1. The van der Waals surface area contributed by atoms with Crippen LogP contribution in [0.5, 0.6) is 0 Å². The SMILES string of the molecule is CCC(=O)Nc1ccccc1NC(=O)c1ccc(NC(=O)C=C(C)C)cc1. The molecule has 0 aliphatic carbocycles. The Morgan fingerprint density at radius 1 is 0.852 bits per heavy atom. The van der Waals surface area contributed by atoms with Gasteiger partial charge >= 0.3 is 0 Å². The minimum atomic E-state index is -0.310. The minimum Gasteiger partial charge on any atom is -0.324 e. The molecule has 0 heterocycles. The molecule has 2 aromatic rings. The van der Waals surface area contributed by atoms with Crippen molar-refractivity contribution in [1.29, 1.82) is 0 Å². The molecule has 2 aromatic carbocycles. The van der Waals surface area contributed by atoms with Gasteiger partial charge in [-0.25, -0.2) is 0 Å². The molecule has 0 saturated heterocycles. The summed E-state index contributed by atoms with van der Waals surface area (Å²) in [6.07, 6.45) is 1.85. The molecule has 2 rings (SSSR count). The molecule has 140 valence electrons. The molecule has 0 aliphatic heterocycles. The summed E-state index contributed by atoms with van der Waals surface area (Å²) in [5.41, 5.74) is 3.00. The van der Waals surface area contributed by atoms with Crippen LogP contribution in [-0.4, -0.2) is 17.7 Å². The first-order valence-electron chi connectivity index (χ1n) is 8.65. The molecule has 27 heavy (non-hydrogen) atoms. The average Bonchev–Trinajstić information content (AvgIpc) is 2.63.